The van der Waals surface area contributed by atoms with Crippen molar-refractivity contribution in [2.75, 3.05) is 17.6 Å². The molecule has 1 aromatic heterocycles. The zero-order valence-electron chi connectivity index (χ0n) is 10.6. The quantitative estimate of drug-likeness (QED) is 0.869. The van der Waals surface area contributed by atoms with Crippen LogP contribution >= 0.6 is 34.7 Å². The number of benzene rings is 1. The number of hydrogen-bond donors (Lipinski definition) is 1. The first-order valence-electron chi connectivity index (χ1n) is 6.22. The third-order valence-corrected chi connectivity index (χ3v) is 5.57. The Hall–Kier alpha value is -1.17. The van der Waals surface area contributed by atoms with Crippen molar-refractivity contribution in [2.45, 2.75) is 5.37 Å². The lowest BCUT2D eigenvalue weighted by atomic mass is 10.3. The Bertz CT molecular complexity index is 603. The molecule has 1 aliphatic rings. The highest BCUT2D eigenvalue weighted by molar-refractivity contribution is 7.99. The second-order valence-electron chi connectivity index (χ2n) is 4.37. The van der Waals surface area contributed by atoms with Gasteiger partial charge in [0.2, 0.25) is 0 Å². The van der Waals surface area contributed by atoms with Gasteiger partial charge in [0.1, 0.15) is 5.37 Å². The van der Waals surface area contributed by atoms with Crippen molar-refractivity contribution in [1.82, 2.24) is 4.90 Å². The molecule has 1 fully saturated rings. The summed E-state index contributed by atoms with van der Waals surface area (Å²) in [5, 5.41) is 5.69. The van der Waals surface area contributed by atoms with Gasteiger partial charge in [0.05, 0.1) is 0 Å². The van der Waals surface area contributed by atoms with E-state index in [4.69, 9.17) is 11.6 Å². The van der Waals surface area contributed by atoms with Gasteiger partial charge in [-0.25, -0.2) is 4.79 Å². The highest BCUT2D eigenvalue weighted by Crippen LogP contribution is 2.40. The van der Waals surface area contributed by atoms with Gasteiger partial charge in [-0.2, -0.15) is 0 Å². The highest BCUT2D eigenvalue weighted by Gasteiger charge is 2.31. The Labute approximate surface area is 130 Å². The molecule has 1 unspecified atom stereocenters. The number of anilines is 1. The van der Waals surface area contributed by atoms with Crippen molar-refractivity contribution < 1.29 is 4.79 Å². The summed E-state index contributed by atoms with van der Waals surface area (Å²) in [6.45, 7) is 0.764. The number of thioether (sulfide) groups is 1. The van der Waals surface area contributed by atoms with Crippen LogP contribution in [0.25, 0.3) is 0 Å². The summed E-state index contributed by atoms with van der Waals surface area (Å²) < 4.78 is 0. The van der Waals surface area contributed by atoms with E-state index < -0.39 is 0 Å². The molecule has 3 rings (SSSR count). The molecule has 1 N–H and O–H groups in total. The van der Waals surface area contributed by atoms with Crippen LogP contribution in [0.3, 0.4) is 0 Å². The smallest absolute Gasteiger partial charge is 0.308 e. The Morgan fingerprint density at radius 3 is 3.00 bits per heavy atom. The fraction of sp³-hybridized carbons (Fsp3) is 0.214. The third-order valence-electron chi connectivity index (χ3n) is 3.01. The molecule has 3 nitrogen and oxygen atoms in total. The predicted octanol–water partition coefficient (Wildman–Crippen LogP) is 4.68. The fourth-order valence-corrected chi connectivity index (χ4v) is 4.53. The first kappa shape index (κ1) is 13.8. The molecule has 2 heterocycles. The highest BCUT2D eigenvalue weighted by atomic mass is 35.5. The van der Waals surface area contributed by atoms with Crippen molar-refractivity contribution in [3.8, 4) is 0 Å². The second kappa shape index (κ2) is 6.08. The Morgan fingerprint density at radius 2 is 2.25 bits per heavy atom. The zero-order valence-corrected chi connectivity index (χ0v) is 13.0. The van der Waals surface area contributed by atoms with Gasteiger partial charge in [-0.1, -0.05) is 23.7 Å². The minimum atomic E-state index is -0.0735. The average molecular weight is 325 g/mol. The lowest BCUT2D eigenvalue weighted by molar-refractivity contribution is 0.215. The van der Waals surface area contributed by atoms with Gasteiger partial charge < -0.3 is 10.2 Å². The van der Waals surface area contributed by atoms with Crippen molar-refractivity contribution in [1.29, 1.82) is 0 Å². The van der Waals surface area contributed by atoms with E-state index in [1.54, 1.807) is 35.2 Å². The van der Waals surface area contributed by atoms with E-state index in [-0.39, 0.29) is 11.4 Å². The number of halogens is 1. The van der Waals surface area contributed by atoms with Gasteiger partial charge in [0.25, 0.3) is 0 Å². The largest absolute Gasteiger partial charge is 0.323 e. The number of nitrogens with one attached hydrogen (secondary N) is 1. The summed E-state index contributed by atoms with van der Waals surface area (Å²) in [4.78, 5) is 15.5. The maximum atomic E-state index is 12.4. The van der Waals surface area contributed by atoms with Crippen molar-refractivity contribution >= 4 is 46.4 Å². The van der Waals surface area contributed by atoms with E-state index in [9.17, 15) is 4.79 Å². The van der Waals surface area contributed by atoms with Crippen LogP contribution in [0.5, 0.6) is 0 Å². The van der Waals surface area contributed by atoms with E-state index in [2.05, 4.69) is 11.4 Å². The number of hydrogen-bond acceptors (Lipinski definition) is 3. The van der Waals surface area contributed by atoms with E-state index in [1.807, 2.05) is 28.5 Å². The summed E-state index contributed by atoms with van der Waals surface area (Å²) in [6.07, 6.45) is 0. The van der Waals surface area contributed by atoms with Gasteiger partial charge in [-0.3, -0.25) is 0 Å². The van der Waals surface area contributed by atoms with Gasteiger partial charge in [-0.05, 0) is 29.6 Å². The average Bonchev–Trinajstić information content (AvgIpc) is 3.09. The first-order chi connectivity index (χ1) is 9.74. The summed E-state index contributed by atoms with van der Waals surface area (Å²) in [7, 11) is 0. The van der Waals surface area contributed by atoms with Crippen LogP contribution < -0.4 is 5.32 Å². The standard InChI is InChI=1S/C14H13ClN2OS2/c15-10-3-1-4-11(9-10)16-14(18)17-6-8-20-13(17)12-5-2-7-19-12/h1-5,7,9,13H,6,8H2,(H,16,18). The number of urea groups is 1. The van der Waals surface area contributed by atoms with Gasteiger partial charge in [0, 0.05) is 27.9 Å². The molecular formula is C14H13ClN2OS2. The zero-order chi connectivity index (χ0) is 13.9. The van der Waals surface area contributed by atoms with Gasteiger partial charge >= 0.3 is 6.03 Å². The molecule has 1 aliphatic heterocycles. The van der Waals surface area contributed by atoms with Crippen LogP contribution in [-0.4, -0.2) is 23.2 Å². The maximum Gasteiger partial charge on any atom is 0.323 e. The lowest BCUT2D eigenvalue weighted by Crippen LogP contribution is -2.34. The summed E-state index contributed by atoms with van der Waals surface area (Å²) in [6, 6.07) is 11.2. The minimum absolute atomic E-state index is 0.0735. The topological polar surface area (TPSA) is 32.3 Å². The molecule has 104 valence electrons. The molecule has 1 saturated heterocycles. The normalized spacial score (nSPS) is 18.2. The number of rotatable bonds is 2. The molecular weight excluding hydrogens is 312 g/mol. The van der Waals surface area contributed by atoms with E-state index in [1.165, 1.54) is 4.88 Å². The maximum absolute atomic E-state index is 12.4. The minimum Gasteiger partial charge on any atom is -0.308 e. The molecule has 1 atom stereocenters. The van der Waals surface area contributed by atoms with Crippen LogP contribution in [-0.2, 0) is 0 Å². The molecule has 0 spiro atoms. The van der Waals surface area contributed by atoms with Crippen molar-refractivity contribution in [3.05, 3.63) is 51.7 Å². The Kier molecular flexibility index (Phi) is 4.19. The molecule has 0 radical (unpaired) electrons. The Morgan fingerprint density at radius 1 is 1.35 bits per heavy atom. The summed E-state index contributed by atoms with van der Waals surface area (Å²) in [5.41, 5.74) is 0.726. The molecule has 2 amide bonds. The first-order valence-corrected chi connectivity index (χ1v) is 8.53. The lowest BCUT2D eigenvalue weighted by Gasteiger charge is -2.23. The molecule has 0 saturated carbocycles. The van der Waals surface area contributed by atoms with Gasteiger partial charge in [0.15, 0.2) is 0 Å². The number of carbonyl (C=O) groups excluding carboxylic acids is 1. The number of amides is 2. The predicted molar refractivity (Wildman–Crippen MR) is 86.7 cm³/mol. The number of carbonyl (C=O) groups is 1. The molecule has 6 heteroatoms. The third kappa shape index (κ3) is 2.95. The number of nitrogens with zero attached hydrogens (tertiary/aromatic N) is 1. The van der Waals surface area contributed by atoms with Crippen LogP contribution in [0.1, 0.15) is 10.3 Å². The van der Waals surface area contributed by atoms with Crippen molar-refractivity contribution in [3.63, 3.8) is 0 Å². The van der Waals surface area contributed by atoms with E-state index >= 15 is 0 Å². The molecule has 20 heavy (non-hydrogen) atoms. The monoisotopic (exact) mass is 324 g/mol. The molecule has 0 bridgehead atoms. The van der Waals surface area contributed by atoms with Crippen LogP contribution in [0.15, 0.2) is 41.8 Å². The van der Waals surface area contributed by atoms with Crippen LogP contribution in [0.4, 0.5) is 10.5 Å². The molecule has 0 aliphatic carbocycles. The van der Waals surface area contributed by atoms with E-state index in [0.717, 1.165) is 18.0 Å². The molecule has 2 aromatic rings. The fourth-order valence-electron chi connectivity index (χ4n) is 2.11. The second-order valence-corrected chi connectivity index (χ2v) is 6.98. The van der Waals surface area contributed by atoms with Gasteiger partial charge in [-0.15, -0.1) is 23.1 Å². The van der Waals surface area contributed by atoms with Crippen molar-refractivity contribution in [2.24, 2.45) is 0 Å². The van der Waals surface area contributed by atoms with E-state index in [0.29, 0.717) is 5.02 Å². The number of thiophene rings is 1. The van der Waals surface area contributed by atoms with Crippen LogP contribution in [0.2, 0.25) is 5.02 Å². The van der Waals surface area contributed by atoms with Crippen LogP contribution in [0, 0.1) is 0 Å². The SMILES string of the molecule is O=C(Nc1cccc(Cl)c1)N1CCSC1c1cccs1. The Balaban J connectivity index is 1.73. The summed E-state index contributed by atoms with van der Waals surface area (Å²) in [5.74, 6) is 0.964. The summed E-state index contributed by atoms with van der Waals surface area (Å²) >= 11 is 9.42. The molecule has 1 aromatic carbocycles.